The molecule has 0 amide bonds. The smallest absolute Gasteiger partial charge is 0.354 e. The predicted molar refractivity (Wildman–Crippen MR) is 95.0 cm³/mol. The molecule has 2 aromatic heterocycles. The second-order valence-electron chi connectivity index (χ2n) is 5.68. The number of rotatable bonds is 7. The average Bonchev–Trinajstić information content (AvgIpc) is 3.34. The van der Waals surface area contributed by atoms with Crippen LogP contribution in [-0.2, 0) is 11.3 Å². The number of ether oxygens (including phenoxy) is 1. The fraction of sp³-hybridized carbons (Fsp3) is 0.167. The minimum atomic E-state index is -0.675. The normalized spacial score (nSPS) is 11.4. The topological polar surface area (TPSA) is 123 Å². The van der Waals surface area contributed by atoms with Crippen LogP contribution < -0.4 is 0 Å². The number of allylic oxidation sites excluding steroid dienone is 1. The molecule has 0 spiro atoms. The van der Waals surface area contributed by atoms with Gasteiger partial charge in [0.05, 0.1) is 13.2 Å². The van der Waals surface area contributed by atoms with Gasteiger partial charge in [0.25, 0.3) is 0 Å². The maximum atomic E-state index is 14.0. The zero-order valence-electron chi connectivity index (χ0n) is 14.8. The third-order valence-corrected chi connectivity index (χ3v) is 3.81. The molecule has 1 aromatic carbocycles. The van der Waals surface area contributed by atoms with Crippen LogP contribution in [-0.4, -0.2) is 48.7 Å². The second-order valence-corrected chi connectivity index (χ2v) is 5.68. The van der Waals surface area contributed by atoms with E-state index in [1.54, 1.807) is 25.1 Å². The van der Waals surface area contributed by atoms with E-state index in [1.807, 2.05) is 0 Å². The van der Waals surface area contributed by atoms with Crippen molar-refractivity contribution in [2.75, 3.05) is 6.61 Å². The lowest BCUT2D eigenvalue weighted by Crippen LogP contribution is -2.12. The first-order valence-electron chi connectivity index (χ1n) is 8.29. The molecule has 2 heterocycles. The lowest BCUT2D eigenvalue weighted by Gasteiger charge is -2.09. The molecule has 3 aromatic rings. The molecule has 28 heavy (non-hydrogen) atoms. The van der Waals surface area contributed by atoms with Crippen LogP contribution in [0.3, 0.4) is 0 Å². The van der Waals surface area contributed by atoms with Crippen LogP contribution in [0.2, 0.25) is 0 Å². The van der Waals surface area contributed by atoms with E-state index < -0.39 is 23.3 Å². The van der Waals surface area contributed by atoms with Gasteiger partial charge in [0.1, 0.15) is 17.3 Å². The van der Waals surface area contributed by atoms with E-state index in [9.17, 15) is 19.1 Å². The first-order valence-corrected chi connectivity index (χ1v) is 8.29. The molecule has 0 aliphatic carbocycles. The van der Waals surface area contributed by atoms with Crippen LogP contribution in [0.15, 0.2) is 42.6 Å². The molecule has 0 atom stereocenters. The Labute approximate surface area is 158 Å². The minimum absolute atomic E-state index is 0.0346. The number of nitrogens with zero attached hydrogens (tertiary/aromatic N) is 4. The third kappa shape index (κ3) is 4.11. The number of hydrogen-bond donors (Lipinski definition) is 2. The van der Waals surface area contributed by atoms with Gasteiger partial charge in [0.15, 0.2) is 0 Å². The number of hydrogen-bond acceptors (Lipinski definition) is 7. The average molecular weight is 385 g/mol. The predicted octanol–water partition coefficient (Wildman–Crippen LogP) is 2.15. The Morgan fingerprint density at radius 2 is 2.14 bits per heavy atom. The number of H-pyrrole nitrogens is 1. The summed E-state index contributed by atoms with van der Waals surface area (Å²) in [5.74, 6) is -2.37. The van der Waals surface area contributed by atoms with Crippen LogP contribution in [0, 0.1) is 5.82 Å². The summed E-state index contributed by atoms with van der Waals surface area (Å²) in [6.45, 7) is 1.84. The van der Waals surface area contributed by atoms with Gasteiger partial charge in [0, 0.05) is 23.4 Å². The summed E-state index contributed by atoms with van der Waals surface area (Å²) in [7, 11) is 0. The van der Waals surface area contributed by atoms with Crippen molar-refractivity contribution in [3.05, 3.63) is 71.1 Å². The molecule has 0 saturated carbocycles. The Morgan fingerprint density at radius 3 is 2.82 bits per heavy atom. The number of esters is 1. The van der Waals surface area contributed by atoms with Crippen molar-refractivity contribution in [1.29, 1.82) is 0 Å². The molecule has 0 saturated heterocycles. The molecule has 0 unspecified atom stereocenters. The van der Waals surface area contributed by atoms with E-state index in [4.69, 9.17) is 4.74 Å². The van der Waals surface area contributed by atoms with Gasteiger partial charge in [0.2, 0.25) is 11.6 Å². The molecule has 2 N–H and O–H groups in total. The van der Waals surface area contributed by atoms with E-state index in [1.165, 1.54) is 22.9 Å². The summed E-state index contributed by atoms with van der Waals surface area (Å²) in [5, 5.41) is 22.7. The van der Waals surface area contributed by atoms with Gasteiger partial charge in [-0.05, 0) is 24.3 Å². The molecule has 10 heteroatoms. The number of nitrogens with one attached hydrogen (secondary N) is 1. The highest BCUT2D eigenvalue weighted by Crippen LogP contribution is 2.20. The Morgan fingerprint density at radius 1 is 1.36 bits per heavy atom. The molecule has 0 aliphatic heterocycles. The summed E-state index contributed by atoms with van der Waals surface area (Å²) in [4.78, 5) is 24.2. The SMILES string of the molecule is CCOC(=O)c1cc(C(O)=CC(=O)c2nn[nH]n2)cn1Cc1ccccc1F. The summed E-state index contributed by atoms with van der Waals surface area (Å²) in [6, 6.07) is 7.48. The fourth-order valence-corrected chi connectivity index (χ4v) is 2.51. The molecule has 0 fully saturated rings. The van der Waals surface area contributed by atoms with Crippen molar-refractivity contribution in [3.8, 4) is 0 Å². The molecule has 3 rings (SSSR count). The number of halogens is 1. The maximum Gasteiger partial charge on any atom is 0.354 e. The van der Waals surface area contributed by atoms with E-state index in [0.29, 0.717) is 5.56 Å². The standard InChI is InChI=1S/C18H16FN5O4/c1-2-28-18(27)14-7-12(15(25)8-16(26)17-20-22-23-21-17)10-24(14)9-11-5-3-4-6-13(11)19/h3-8,10,25H,2,9H2,1H3,(H,20,21,22,23). The molecule has 0 bridgehead atoms. The lowest BCUT2D eigenvalue weighted by atomic mass is 10.2. The van der Waals surface area contributed by atoms with Gasteiger partial charge in [-0.15, -0.1) is 10.2 Å². The lowest BCUT2D eigenvalue weighted by molar-refractivity contribution is 0.0514. The largest absolute Gasteiger partial charge is 0.507 e. The van der Waals surface area contributed by atoms with E-state index in [-0.39, 0.29) is 30.2 Å². The number of aliphatic hydroxyl groups excluding tert-OH is 1. The monoisotopic (exact) mass is 385 g/mol. The Hall–Kier alpha value is -3.82. The molecule has 144 valence electrons. The van der Waals surface area contributed by atoms with Crippen molar-refractivity contribution in [3.63, 3.8) is 0 Å². The minimum Gasteiger partial charge on any atom is -0.507 e. The highest BCUT2D eigenvalue weighted by molar-refractivity contribution is 6.05. The van der Waals surface area contributed by atoms with E-state index in [0.717, 1.165) is 6.08 Å². The number of aromatic nitrogens is 5. The Kier molecular flexibility index (Phi) is 5.58. The number of aromatic amines is 1. The molecular weight excluding hydrogens is 369 g/mol. The van der Waals surface area contributed by atoms with Gasteiger partial charge < -0.3 is 14.4 Å². The number of aliphatic hydroxyl groups is 1. The van der Waals surface area contributed by atoms with Crippen LogP contribution in [0.4, 0.5) is 4.39 Å². The van der Waals surface area contributed by atoms with Crippen molar-refractivity contribution in [2.24, 2.45) is 0 Å². The van der Waals surface area contributed by atoms with Crippen molar-refractivity contribution in [1.82, 2.24) is 25.2 Å². The summed E-state index contributed by atoms with van der Waals surface area (Å²) in [5.41, 5.74) is 0.629. The van der Waals surface area contributed by atoms with Crippen LogP contribution in [0.25, 0.3) is 5.76 Å². The van der Waals surface area contributed by atoms with Crippen molar-refractivity contribution >= 4 is 17.5 Å². The van der Waals surface area contributed by atoms with Gasteiger partial charge in [-0.1, -0.05) is 18.2 Å². The third-order valence-electron chi connectivity index (χ3n) is 3.81. The quantitative estimate of drug-likeness (QED) is 0.276. The molecule has 0 radical (unpaired) electrons. The van der Waals surface area contributed by atoms with Gasteiger partial charge in [-0.2, -0.15) is 5.21 Å². The van der Waals surface area contributed by atoms with E-state index in [2.05, 4.69) is 20.6 Å². The van der Waals surface area contributed by atoms with Gasteiger partial charge in [-0.25, -0.2) is 9.18 Å². The van der Waals surface area contributed by atoms with Crippen molar-refractivity contribution in [2.45, 2.75) is 13.5 Å². The van der Waals surface area contributed by atoms with Crippen LogP contribution in [0.1, 0.15) is 39.2 Å². The first-order chi connectivity index (χ1) is 13.5. The Bertz CT molecular complexity index is 1030. The van der Waals surface area contributed by atoms with Crippen LogP contribution in [0.5, 0.6) is 0 Å². The number of ketones is 1. The van der Waals surface area contributed by atoms with E-state index >= 15 is 0 Å². The molecule has 9 nitrogen and oxygen atoms in total. The highest BCUT2D eigenvalue weighted by atomic mass is 19.1. The fourth-order valence-electron chi connectivity index (χ4n) is 2.51. The number of carbonyl (C=O) groups is 2. The Balaban J connectivity index is 1.95. The highest BCUT2D eigenvalue weighted by Gasteiger charge is 2.19. The summed E-state index contributed by atoms with van der Waals surface area (Å²) < 4.78 is 20.4. The molecule has 0 aliphatic rings. The van der Waals surface area contributed by atoms with Gasteiger partial charge >= 0.3 is 5.97 Å². The molecular formula is C18H16FN5O4. The zero-order valence-corrected chi connectivity index (χ0v) is 14.8. The van der Waals surface area contributed by atoms with Gasteiger partial charge in [-0.3, -0.25) is 4.79 Å². The number of tetrazole rings is 1. The van der Waals surface area contributed by atoms with Crippen molar-refractivity contribution < 1.29 is 23.8 Å². The number of carbonyl (C=O) groups excluding carboxylic acids is 2. The second kappa shape index (κ2) is 8.25. The zero-order chi connectivity index (χ0) is 20.1. The first kappa shape index (κ1) is 19.0. The number of benzene rings is 1. The summed E-state index contributed by atoms with van der Waals surface area (Å²) >= 11 is 0. The maximum absolute atomic E-state index is 14.0. The summed E-state index contributed by atoms with van der Waals surface area (Å²) in [6.07, 6.45) is 2.33. The van der Waals surface area contributed by atoms with Crippen LogP contribution >= 0.6 is 0 Å².